The van der Waals surface area contributed by atoms with Crippen LogP contribution in [-0.2, 0) is 6.42 Å². The number of hydrogen-bond donors (Lipinski definition) is 2. The van der Waals surface area contributed by atoms with Gasteiger partial charge >= 0.3 is 0 Å². The lowest BCUT2D eigenvalue weighted by molar-refractivity contribution is 0.223. The van der Waals surface area contributed by atoms with Crippen molar-refractivity contribution in [2.75, 3.05) is 13.2 Å². The molecule has 0 aliphatic carbocycles. The Bertz CT molecular complexity index is 288. The minimum absolute atomic E-state index is 0.195. The van der Waals surface area contributed by atoms with Gasteiger partial charge in [0.15, 0.2) is 0 Å². The minimum atomic E-state index is 0.195. The molecule has 1 atom stereocenters. The van der Waals surface area contributed by atoms with E-state index in [1.807, 2.05) is 0 Å². The number of rotatable bonds is 6. The van der Waals surface area contributed by atoms with Crippen LogP contribution in [0.1, 0.15) is 37.3 Å². The summed E-state index contributed by atoms with van der Waals surface area (Å²) in [6.07, 6.45) is 1.97. The molecule has 1 aromatic rings. The molecular weight excluding hydrogens is 198 g/mol. The van der Waals surface area contributed by atoms with Crippen molar-refractivity contribution in [3.05, 3.63) is 35.4 Å². The third-order valence-corrected chi connectivity index (χ3v) is 3.08. The molecular formula is C14H23NO. The molecule has 0 heterocycles. The van der Waals surface area contributed by atoms with Crippen LogP contribution in [0, 0.1) is 5.92 Å². The van der Waals surface area contributed by atoms with Crippen LogP contribution in [0.2, 0.25) is 0 Å². The number of nitrogens with two attached hydrogens (primary N) is 1. The van der Waals surface area contributed by atoms with Gasteiger partial charge in [0.2, 0.25) is 0 Å². The van der Waals surface area contributed by atoms with Crippen molar-refractivity contribution >= 4 is 0 Å². The number of benzene rings is 1. The first-order valence-electron chi connectivity index (χ1n) is 6.07. The van der Waals surface area contributed by atoms with Crippen molar-refractivity contribution in [3.8, 4) is 0 Å². The van der Waals surface area contributed by atoms with Gasteiger partial charge in [-0.15, -0.1) is 0 Å². The predicted molar refractivity (Wildman–Crippen MR) is 68.5 cm³/mol. The first kappa shape index (κ1) is 13.2. The van der Waals surface area contributed by atoms with E-state index in [4.69, 9.17) is 10.8 Å². The Morgan fingerprint density at radius 3 is 2.25 bits per heavy atom. The first-order valence-corrected chi connectivity index (χ1v) is 6.07. The van der Waals surface area contributed by atoms with Gasteiger partial charge in [-0.1, -0.05) is 38.1 Å². The van der Waals surface area contributed by atoms with Crippen molar-refractivity contribution < 1.29 is 5.11 Å². The molecule has 0 amide bonds. The molecule has 0 saturated carbocycles. The topological polar surface area (TPSA) is 46.2 Å². The Labute approximate surface area is 98.5 Å². The highest BCUT2D eigenvalue weighted by molar-refractivity contribution is 5.24. The monoisotopic (exact) mass is 221 g/mol. The van der Waals surface area contributed by atoms with E-state index < -0.39 is 0 Å². The number of aryl methyl sites for hydroxylation is 1. The fourth-order valence-electron chi connectivity index (χ4n) is 1.72. The van der Waals surface area contributed by atoms with Crippen LogP contribution >= 0.6 is 0 Å². The smallest absolute Gasteiger partial charge is 0.0471 e. The normalized spacial score (nSPS) is 13.1. The Morgan fingerprint density at radius 1 is 1.19 bits per heavy atom. The molecule has 2 nitrogen and oxygen atoms in total. The fraction of sp³-hybridized carbons (Fsp3) is 0.571. The summed E-state index contributed by atoms with van der Waals surface area (Å²) in [7, 11) is 0. The van der Waals surface area contributed by atoms with Crippen molar-refractivity contribution in [1.82, 2.24) is 0 Å². The maximum Gasteiger partial charge on any atom is 0.0471 e. The second kappa shape index (κ2) is 6.66. The summed E-state index contributed by atoms with van der Waals surface area (Å²) in [4.78, 5) is 0. The number of aliphatic hydroxyl groups is 1. The number of hydrogen-bond acceptors (Lipinski definition) is 2. The lowest BCUT2D eigenvalue weighted by atomic mass is 9.97. The molecule has 0 radical (unpaired) electrons. The van der Waals surface area contributed by atoms with Gasteiger partial charge in [0.05, 0.1) is 0 Å². The molecule has 16 heavy (non-hydrogen) atoms. The molecule has 1 rings (SSSR count). The molecule has 3 N–H and O–H groups in total. The largest absolute Gasteiger partial charge is 0.396 e. The van der Waals surface area contributed by atoms with Gasteiger partial charge < -0.3 is 10.8 Å². The standard InChI is InChI=1S/C14H23NO/c1-11(2)14-7-5-12(6-8-14)3-4-13(9-15)10-16/h5-8,11,13,16H,3-4,9-10,15H2,1-2H3. The van der Waals surface area contributed by atoms with Crippen LogP contribution in [-0.4, -0.2) is 18.3 Å². The summed E-state index contributed by atoms with van der Waals surface area (Å²) in [5.41, 5.74) is 8.26. The molecule has 0 spiro atoms. The van der Waals surface area contributed by atoms with Crippen LogP contribution in [0.5, 0.6) is 0 Å². The highest BCUT2D eigenvalue weighted by atomic mass is 16.3. The molecule has 1 unspecified atom stereocenters. The van der Waals surface area contributed by atoms with Gasteiger partial charge in [-0.05, 0) is 42.3 Å². The van der Waals surface area contributed by atoms with Crippen LogP contribution in [0.15, 0.2) is 24.3 Å². The van der Waals surface area contributed by atoms with Crippen LogP contribution in [0.3, 0.4) is 0 Å². The van der Waals surface area contributed by atoms with E-state index in [1.54, 1.807) is 0 Å². The quantitative estimate of drug-likeness (QED) is 0.774. The minimum Gasteiger partial charge on any atom is -0.396 e. The van der Waals surface area contributed by atoms with E-state index in [2.05, 4.69) is 38.1 Å². The van der Waals surface area contributed by atoms with Crippen molar-refractivity contribution in [2.24, 2.45) is 11.7 Å². The van der Waals surface area contributed by atoms with Crippen LogP contribution < -0.4 is 5.73 Å². The van der Waals surface area contributed by atoms with E-state index in [1.165, 1.54) is 11.1 Å². The van der Waals surface area contributed by atoms with Crippen LogP contribution in [0.4, 0.5) is 0 Å². The summed E-state index contributed by atoms with van der Waals surface area (Å²) in [5, 5.41) is 9.04. The van der Waals surface area contributed by atoms with Crippen LogP contribution in [0.25, 0.3) is 0 Å². The molecule has 90 valence electrons. The Balaban J connectivity index is 2.49. The Morgan fingerprint density at radius 2 is 1.81 bits per heavy atom. The lowest BCUT2D eigenvalue weighted by Crippen LogP contribution is -2.18. The Hall–Kier alpha value is -0.860. The summed E-state index contributed by atoms with van der Waals surface area (Å²) in [6.45, 7) is 5.16. The van der Waals surface area contributed by atoms with Crippen molar-refractivity contribution in [3.63, 3.8) is 0 Å². The van der Waals surface area contributed by atoms with Gasteiger partial charge in [-0.3, -0.25) is 0 Å². The number of aliphatic hydroxyl groups excluding tert-OH is 1. The zero-order valence-corrected chi connectivity index (χ0v) is 10.3. The van der Waals surface area contributed by atoms with Crippen molar-refractivity contribution in [1.29, 1.82) is 0 Å². The van der Waals surface area contributed by atoms with Gasteiger partial charge in [0, 0.05) is 6.61 Å². The van der Waals surface area contributed by atoms with Crippen molar-refractivity contribution in [2.45, 2.75) is 32.6 Å². The van der Waals surface area contributed by atoms with E-state index in [9.17, 15) is 0 Å². The molecule has 0 saturated heterocycles. The molecule has 0 fully saturated rings. The highest BCUT2D eigenvalue weighted by Crippen LogP contribution is 2.16. The second-order valence-electron chi connectivity index (χ2n) is 4.72. The zero-order valence-electron chi connectivity index (χ0n) is 10.3. The summed E-state index contributed by atoms with van der Waals surface area (Å²) < 4.78 is 0. The predicted octanol–water partition coefficient (Wildman–Crippen LogP) is 2.31. The first-order chi connectivity index (χ1) is 7.67. The molecule has 0 aliphatic rings. The highest BCUT2D eigenvalue weighted by Gasteiger charge is 2.05. The van der Waals surface area contributed by atoms with Gasteiger partial charge in [0.1, 0.15) is 0 Å². The Kier molecular flexibility index (Phi) is 5.50. The third kappa shape index (κ3) is 3.95. The molecule has 0 aromatic heterocycles. The van der Waals surface area contributed by atoms with Gasteiger partial charge in [0.25, 0.3) is 0 Å². The molecule has 1 aromatic carbocycles. The average Bonchev–Trinajstić information content (AvgIpc) is 2.31. The molecule has 0 aliphatic heterocycles. The maximum absolute atomic E-state index is 9.04. The van der Waals surface area contributed by atoms with E-state index in [0.29, 0.717) is 12.5 Å². The summed E-state index contributed by atoms with van der Waals surface area (Å²) in [5.74, 6) is 0.827. The lowest BCUT2D eigenvalue weighted by Gasteiger charge is -2.11. The molecule has 0 bridgehead atoms. The molecule has 2 heteroatoms. The second-order valence-corrected chi connectivity index (χ2v) is 4.72. The average molecular weight is 221 g/mol. The van der Waals surface area contributed by atoms with E-state index in [-0.39, 0.29) is 12.5 Å². The van der Waals surface area contributed by atoms with E-state index in [0.717, 1.165) is 12.8 Å². The van der Waals surface area contributed by atoms with Gasteiger partial charge in [-0.25, -0.2) is 0 Å². The fourth-order valence-corrected chi connectivity index (χ4v) is 1.72. The third-order valence-electron chi connectivity index (χ3n) is 3.08. The summed E-state index contributed by atoms with van der Waals surface area (Å²) >= 11 is 0. The summed E-state index contributed by atoms with van der Waals surface area (Å²) in [6, 6.07) is 8.74. The van der Waals surface area contributed by atoms with Gasteiger partial charge in [-0.2, -0.15) is 0 Å². The maximum atomic E-state index is 9.04. The zero-order chi connectivity index (χ0) is 12.0. The SMILES string of the molecule is CC(C)c1ccc(CCC(CN)CO)cc1. The van der Waals surface area contributed by atoms with E-state index >= 15 is 0 Å².